The van der Waals surface area contributed by atoms with Gasteiger partial charge in [0.2, 0.25) is 0 Å². The Kier molecular flexibility index (Phi) is 16.1. The molecule has 2 amide bonds. The molecule has 0 aromatic heterocycles. The lowest BCUT2D eigenvalue weighted by atomic mass is 9.90. The maximum absolute atomic E-state index is 14.5. The second kappa shape index (κ2) is 20.3. The Hall–Kier alpha value is -3.97. The summed E-state index contributed by atoms with van der Waals surface area (Å²) < 4.78 is 122. The number of carbonyl (C=O) groups is 1. The molecule has 1 heterocycles. The van der Waals surface area contributed by atoms with Crippen molar-refractivity contribution in [2.24, 2.45) is 0 Å². The molecule has 0 bridgehead atoms. The van der Waals surface area contributed by atoms with Crippen LogP contribution in [0.2, 0.25) is 0 Å². The first-order chi connectivity index (χ1) is 26.2. The molecule has 1 aliphatic heterocycles. The average molecular weight is 789 g/mol. The van der Waals surface area contributed by atoms with Gasteiger partial charge in [-0.15, -0.1) is 0 Å². The van der Waals surface area contributed by atoms with Crippen molar-refractivity contribution >= 4 is 6.03 Å². The van der Waals surface area contributed by atoms with Gasteiger partial charge in [-0.05, 0) is 30.0 Å². The van der Waals surface area contributed by atoms with E-state index in [1.807, 2.05) is 48.5 Å². The van der Waals surface area contributed by atoms with Crippen LogP contribution in [0.3, 0.4) is 0 Å². The largest absolute Gasteiger partial charge is 0.496 e. The highest BCUT2D eigenvalue weighted by molar-refractivity contribution is 5.76. The maximum Gasteiger partial charge on any atom is 0.430 e. The Morgan fingerprint density at radius 1 is 0.709 bits per heavy atom. The predicted octanol–water partition coefficient (Wildman–Crippen LogP) is 5.77. The second-order valence-electron chi connectivity index (χ2n) is 12.7. The Morgan fingerprint density at radius 3 is 1.75 bits per heavy atom. The van der Waals surface area contributed by atoms with Crippen molar-refractivity contribution in [3.05, 3.63) is 101 Å². The number of amides is 2. The van der Waals surface area contributed by atoms with Crippen molar-refractivity contribution in [3.8, 4) is 5.75 Å². The Bertz CT molecular complexity index is 1590. The van der Waals surface area contributed by atoms with Crippen molar-refractivity contribution < 1.29 is 69.4 Å². The van der Waals surface area contributed by atoms with Crippen LogP contribution in [0.4, 0.5) is 31.1 Å². The second-order valence-corrected chi connectivity index (χ2v) is 12.7. The number of aliphatic hydroxyl groups is 1. The van der Waals surface area contributed by atoms with E-state index >= 15 is 0 Å². The molecule has 3 aromatic rings. The zero-order valence-electron chi connectivity index (χ0n) is 30.6. The summed E-state index contributed by atoms with van der Waals surface area (Å²) in [5, 5.41) is 13.1. The number of rotatable bonds is 20. The fourth-order valence-electron chi connectivity index (χ4n) is 6.25. The molecule has 1 fully saturated rings. The molecule has 2 N–H and O–H groups in total. The van der Waals surface area contributed by atoms with Crippen molar-refractivity contribution in [2.45, 2.75) is 61.6 Å². The zero-order chi connectivity index (χ0) is 40.1. The highest BCUT2D eigenvalue weighted by Crippen LogP contribution is 2.50. The minimum atomic E-state index is -6.12. The molecule has 4 atom stereocenters. The number of ether oxygens (including phenoxy) is 7. The molecule has 1 saturated heterocycles. The van der Waals surface area contributed by atoms with Gasteiger partial charge in [-0.2, -0.15) is 26.3 Å². The van der Waals surface area contributed by atoms with Crippen LogP contribution in [0, 0.1) is 0 Å². The van der Waals surface area contributed by atoms with E-state index in [9.17, 15) is 36.2 Å². The molecule has 304 valence electrons. The lowest BCUT2D eigenvalue weighted by Crippen LogP contribution is -2.54. The van der Waals surface area contributed by atoms with Crippen molar-refractivity contribution in [2.75, 3.05) is 61.3 Å². The summed E-state index contributed by atoms with van der Waals surface area (Å²) in [6.45, 7) is 0.104. The molecule has 1 aliphatic rings. The molecular weight excluding hydrogens is 742 g/mol. The van der Waals surface area contributed by atoms with Gasteiger partial charge in [0.05, 0.1) is 52.2 Å². The van der Waals surface area contributed by atoms with Crippen LogP contribution in [0.15, 0.2) is 78.9 Å². The van der Waals surface area contributed by atoms with Gasteiger partial charge in [0.25, 0.3) is 5.60 Å². The highest BCUT2D eigenvalue weighted by atomic mass is 19.4. The number of nitrogens with zero attached hydrogens (tertiary/aromatic N) is 1. The smallest absolute Gasteiger partial charge is 0.430 e. The number of hydrogen-bond donors (Lipinski definition) is 2. The van der Waals surface area contributed by atoms with Crippen LogP contribution in [0.1, 0.15) is 22.3 Å². The standard InChI is InChI=1S/C38H46F6N2O9/c1-49-16-18-52-24-54-33-30(20-26-10-6-4-7-11-26)45-35(47)46(31(21-27-12-8-5-9-13-27)34(33)55-25-53-19-17-50-2)23-28-14-15-29(22-32(28)51-3)36(48,37(39,40)41)38(42,43)44/h4-15,22,30-31,33-34,48H,16-21,23-25H2,1-3H3,(H,45,47)/t30-,31?,33?,34?/m1/s1. The Morgan fingerprint density at radius 2 is 1.24 bits per heavy atom. The van der Waals surface area contributed by atoms with E-state index < -0.39 is 59.6 Å². The van der Waals surface area contributed by atoms with Gasteiger partial charge >= 0.3 is 18.4 Å². The number of nitrogens with one attached hydrogen (secondary N) is 1. The minimum Gasteiger partial charge on any atom is -0.496 e. The third kappa shape index (κ3) is 11.3. The molecule has 0 spiro atoms. The fraction of sp³-hybridized carbons (Fsp3) is 0.500. The first-order valence-electron chi connectivity index (χ1n) is 17.3. The molecule has 0 saturated carbocycles. The van der Waals surface area contributed by atoms with Crippen LogP contribution >= 0.6 is 0 Å². The fourth-order valence-corrected chi connectivity index (χ4v) is 6.25. The van der Waals surface area contributed by atoms with Gasteiger partial charge < -0.3 is 48.5 Å². The average Bonchev–Trinajstić information content (AvgIpc) is 3.24. The van der Waals surface area contributed by atoms with Gasteiger partial charge in [-0.1, -0.05) is 72.8 Å². The van der Waals surface area contributed by atoms with Crippen molar-refractivity contribution in [3.63, 3.8) is 0 Å². The molecule has 4 rings (SSSR count). The Balaban J connectivity index is 1.83. The van der Waals surface area contributed by atoms with E-state index in [1.54, 1.807) is 12.1 Å². The number of halogens is 6. The highest BCUT2D eigenvalue weighted by Gasteiger charge is 2.71. The summed E-state index contributed by atoms with van der Waals surface area (Å²) in [5.41, 5.74) is -5.02. The monoisotopic (exact) mass is 788 g/mol. The number of alkyl halides is 6. The quantitative estimate of drug-likeness (QED) is 0.0837. The first-order valence-corrected chi connectivity index (χ1v) is 17.3. The predicted molar refractivity (Wildman–Crippen MR) is 186 cm³/mol. The van der Waals surface area contributed by atoms with Crippen LogP contribution in [-0.4, -0.2) is 114 Å². The van der Waals surface area contributed by atoms with Gasteiger partial charge in [0.15, 0.2) is 0 Å². The number of urea groups is 1. The van der Waals surface area contributed by atoms with Crippen LogP contribution in [-0.2, 0) is 53.4 Å². The molecule has 11 nitrogen and oxygen atoms in total. The van der Waals surface area contributed by atoms with E-state index in [2.05, 4.69) is 5.32 Å². The lowest BCUT2D eigenvalue weighted by molar-refractivity contribution is -0.376. The molecule has 0 radical (unpaired) electrons. The third-order valence-electron chi connectivity index (χ3n) is 9.07. The summed E-state index contributed by atoms with van der Waals surface area (Å²) in [6, 6.07) is 18.1. The molecule has 0 aliphatic carbocycles. The SMILES string of the molecule is COCCOCOC1C(OCOCCOC)[C@@H](Cc2ccccc2)NC(=O)N(Cc2ccc(C(O)(C(F)(F)F)C(F)(F)F)cc2OC)C1Cc1ccccc1. The van der Waals surface area contributed by atoms with Gasteiger partial charge in [-0.3, -0.25) is 0 Å². The molecule has 17 heteroatoms. The van der Waals surface area contributed by atoms with Crippen molar-refractivity contribution in [1.29, 1.82) is 0 Å². The van der Waals surface area contributed by atoms with Crippen molar-refractivity contribution in [1.82, 2.24) is 10.2 Å². The Labute approximate surface area is 315 Å². The normalized spacial score (nSPS) is 19.6. The number of benzene rings is 3. The summed E-state index contributed by atoms with van der Waals surface area (Å²) >= 11 is 0. The third-order valence-corrected chi connectivity index (χ3v) is 9.07. The lowest BCUT2D eigenvalue weighted by Gasteiger charge is -2.38. The van der Waals surface area contributed by atoms with Crippen LogP contribution in [0.25, 0.3) is 0 Å². The summed E-state index contributed by atoms with van der Waals surface area (Å²) in [7, 11) is 4.09. The van der Waals surface area contributed by atoms with Gasteiger partial charge in [0.1, 0.15) is 31.5 Å². The van der Waals surface area contributed by atoms with E-state index in [0.29, 0.717) is 18.7 Å². The minimum absolute atomic E-state index is 0.0446. The van der Waals surface area contributed by atoms with E-state index in [4.69, 9.17) is 33.2 Å². The molecule has 3 unspecified atom stereocenters. The zero-order valence-corrected chi connectivity index (χ0v) is 30.6. The molecule has 3 aromatic carbocycles. The molecular formula is C38H46F6N2O9. The topological polar surface area (TPSA) is 117 Å². The van der Waals surface area contributed by atoms with Crippen LogP contribution < -0.4 is 10.1 Å². The summed E-state index contributed by atoms with van der Waals surface area (Å²) in [4.78, 5) is 15.8. The van der Waals surface area contributed by atoms with E-state index in [-0.39, 0.29) is 58.4 Å². The van der Waals surface area contributed by atoms with Gasteiger partial charge in [0, 0.05) is 25.3 Å². The number of carbonyl (C=O) groups excluding carboxylic acids is 1. The van der Waals surface area contributed by atoms with Crippen LogP contribution in [0.5, 0.6) is 5.75 Å². The number of methoxy groups -OCH3 is 3. The van der Waals surface area contributed by atoms with Gasteiger partial charge in [-0.25, -0.2) is 4.79 Å². The molecule has 55 heavy (non-hydrogen) atoms. The first kappa shape index (κ1) is 43.8. The summed E-state index contributed by atoms with van der Waals surface area (Å²) in [5.74, 6) is -0.430. The van der Waals surface area contributed by atoms with E-state index in [0.717, 1.165) is 24.3 Å². The number of hydrogen-bond acceptors (Lipinski definition) is 9. The summed E-state index contributed by atoms with van der Waals surface area (Å²) in [6.07, 6.45) is -13.6. The maximum atomic E-state index is 14.5. The van der Waals surface area contributed by atoms with E-state index in [1.165, 1.54) is 19.1 Å².